The van der Waals surface area contributed by atoms with Gasteiger partial charge in [-0.3, -0.25) is 0 Å². The average Bonchev–Trinajstić information content (AvgIpc) is 2.95. The fourth-order valence-electron chi connectivity index (χ4n) is 2.23. The Balaban J connectivity index is 1.67. The van der Waals surface area contributed by atoms with Crippen LogP contribution in [0.3, 0.4) is 0 Å². The molecule has 94 valence electrons. The van der Waals surface area contributed by atoms with Crippen LogP contribution in [0.2, 0.25) is 0 Å². The molecule has 0 bridgehead atoms. The molecule has 2 aromatic heterocycles. The molecule has 0 aromatic carbocycles. The minimum Gasteiger partial charge on any atom is -0.365 e. The fourth-order valence-corrected chi connectivity index (χ4v) is 2.23. The topological polar surface area (TPSA) is 65.6 Å². The van der Waals surface area contributed by atoms with Crippen LogP contribution in [0, 0.1) is 0 Å². The van der Waals surface area contributed by atoms with Crippen molar-refractivity contribution in [2.75, 3.05) is 18.4 Å². The number of H-pyrrole nitrogens is 1. The number of nitrogens with one attached hydrogen (secondary N) is 3. The summed E-state index contributed by atoms with van der Waals surface area (Å²) in [5, 5.41) is 15.2. The molecule has 0 aliphatic carbocycles. The van der Waals surface area contributed by atoms with Gasteiger partial charge in [0.2, 0.25) is 0 Å². The zero-order valence-electron chi connectivity index (χ0n) is 10.2. The number of rotatable bonds is 3. The van der Waals surface area contributed by atoms with E-state index in [0.29, 0.717) is 6.04 Å². The van der Waals surface area contributed by atoms with Gasteiger partial charge in [0, 0.05) is 18.8 Å². The second-order valence-corrected chi connectivity index (χ2v) is 4.58. The first-order valence-electron chi connectivity index (χ1n) is 6.36. The van der Waals surface area contributed by atoms with E-state index in [0.717, 1.165) is 30.3 Å². The van der Waals surface area contributed by atoms with E-state index in [1.807, 2.05) is 30.5 Å². The average molecular weight is 243 g/mol. The van der Waals surface area contributed by atoms with Crippen molar-refractivity contribution in [1.29, 1.82) is 0 Å². The van der Waals surface area contributed by atoms with Crippen molar-refractivity contribution in [3.05, 3.63) is 30.5 Å². The monoisotopic (exact) mass is 243 g/mol. The Bertz CT molecular complexity index is 471. The van der Waals surface area contributed by atoms with E-state index in [1.165, 1.54) is 12.8 Å². The molecule has 2 aromatic rings. The second-order valence-electron chi connectivity index (χ2n) is 4.58. The van der Waals surface area contributed by atoms with Crippen molar-refractivity contribution in [3.63, 3.8) is 0 Å². The van der Waals surface area contributed by atoms with E-state index < -0.39 is 0 Å². The largest absolute Gasteiger partial charge is 0.365 e. The van der Waals surface area contributed by atoms with Crippen LogP contribution in [-0.2, 0) is 0 Å². The van der Waals surface area contributed by atoms with Gasteiger partial charge in [-0.15, -0.1) is 10.2 Å². The van der Waals surface area contributed by atoms with Gasteiger partial charge in [0.25, 0.3) is 0 Å². The van der Waals surface area contributed by atoms with E-state index in [1.54, 1.807) is 0 Å². The Kier molecular flexibility index (Phi) is 3.23. The lowest BCUT2D eigenvalue weighted by molar-refractivity contribution is 0.478. The molecule has 1 aliphatic heterocycles. The number of anilines is 1. The van der Waals surface area contributed by atoms with Crippen LogP contribution in [0.4, 0.5) is 5.82 Å². The van der Waals surface area contributed by atoms with Crippen LogP contribution in [0.25, 0.3) is 11.4 Å². The maximum absolute atomic E-state index is 4.22. The molecule has 1 saturated heterocycles. The van der Waals surface area contributed by atoms with Crippen molar-refractivity contribution in [2.24, 2.45) is 0 Å². The van der Waals surface area contributed by atoms with Gasteiger partial charge in [-0.2, -0.15) is 0 Å². The molecule has 1 atom stereocenters. The van der Waals surface area contributed by atoms with E-state index >= 15 is 0 Å². The highest BCUT2D eigenvalue weighted by atomic mass is 15.2. The highest BCUT2D eigenvalue weighted by Gasteiger charge is 2.13. The molecule has 0 saturated carbocycles. The summed E-state index contributed by atoms with van der Waals surface area (Å²) in [7, 11) is 0. The summed E-state index contributed by atoms with van der Waals surface area (Å²) in [6.45, 7) is 2.12. The summed E-state index contributed by atoms with van der Waals surface area (Å²) in [6.07, 6.45) is 4.29. The molecule has 5 nitrogen and oxygen atoms in total. The van der Waals surface area contributed by atoms with Crippen LogP contribution in [-0.4, -0.2) is 34.3 Å². The highest BCUT2D eigenvalue weighted by Crippen LogP contribution is 2.15. The first kappa shape index (κ1) is 11.2. The SMILES string of the molecule is c1c[nH]c(-c2ccc(NC3CCCNC3)nn2)c1. The Hall–Kier alpha value is -1.88. The van der Waals surface area contributed by atoms with Crippen molar-refractivity contribution in [1.82, 2.24) is 20.5 Å². The number of aromatic nitrogens is 3. The van der Waals surface area contributed by atoms with Gasteiger partial charge >= 0.3 is 0 Å². The Labute approximate surface area is 106 Å². The molecule has 0 radical (unpaired) electrons. The molecule has 3 heterocycles. The summed E-state index contributed by atoms with van der Waals surface area (Å²) < 4.78 is 0. The van der Waals surface area contributed by atoms with Crippen LogP contribution < -0.4 is 10.6 Å². The first-order valence-corrected chi connectivity index (χ1v) is 6.36. The number of aromatic amines is 1. The van der Waals surface area contributed by atoms with Crippen molar-refractivity contribution < 1.29 is 0 Å². The lowest BCUT2D eigenvalue weighted by atomic mass is 10.1. The number of piperidine rings is 1. The molecular weight excluding hydrogens is 226 g/mol. The lowest BCUT2D eigenvalue weighted by Crippen LogP contribution is -2.38. The van der Waals surface area contributed by atoms with E-state index in [-0.39, 0.29) is 0 Å². The maximum atomic E-state index is 4.22. The smallest absolute Gasteiger partial charge is 0.148 e. The van der Waals surface area contributed by atoms with Gasteiger partial charge < -0.3 is 15.6 Å². The van der Waals surface area contributed by atoms with E-state index in [2.05, 4.69) is 25.8 Å². The summed E-state index contributed by atoms with van der Waals surface area (Å²) in [5.41, 5.74) is 1.86. The summed E-state index contributed by atoms with van der Waals surface area (Å²) in [4.78, 5) is 3.12. The van der Waals surface area contributed by atoms with E-state index in [9.17, 15) is 0 Å². The number of hydrogen-bond donors (Lipinski definition) is 3. The predicted octanol–water partition coefficient (Wildman–Crippen LogP) is 1.64. The second kappa shape index (κ2) is 5.18. The minimum atomic E-state index is 0.462. The predicted molar refractivity (Wildman–Crippen MR) is 71.3 cm³/mol. The number of hydrogen-bond acceptors (Lipinski definition) is 4. The third kappa shape index (κ3) is 2.51. The van der Waals surface area contributed by atoms with E-state index in [4.69, 9.17) is 0 Å². The zero-order chi connectivity index (χ0) is 12.2. The molecule has 3 N–H and O–H groups in total. The van der Waals surface area contributed by atoms with Gasteiger partial charge in [-0.05, 0) is 43.7 Å². The van der Waals surface area contributed by atoms with Crippen molar-refractivity contribution in [3.8, 4) is 11.4 Å². The standard InChI is InChI=1S/C13H17N5/c1-3-10(9-14-7-1)16-13-6-5-12(17-18-13)11-4-2-8-15-11/h2,4-6,8,10,14-15H,1,3,7,9H2,(H,16,18). The van der Waals surface area contributed by atoms with Crippen LogP contribution in [0.15, 0.2) is 30.5 Å². The summed E-state index contributed by atoms with van der Waals surface area (Å²) in [5.74, 6) is 0.846. The Morgan fingerprint density at radius 3 is 2.89 bits per heavy atom. The van der Waals surface area contributed by atoms with Crippen LogP contribution in [0.1, 0.15) is 12.8 Å². The van der Waals surface area contributed by atoms with Gasteiger partial charge in [0.15, 0.2) is 0 Å². The Morgan fingerprint density at radius 2 is 2.22 bits per heavy atom. The maximum Gasteiger partial charge on any atom is 0.148 e. The van der Waals surface area contributed by atoms with Gasteiger partial charge in [-0.1, -0.05) is 0 Å². The van der Waals surface area contributed by atoms with Crippen molar-refractivity contribution in [2.45, 2.75) is 18.9 Å². The molecule has 18 heavy (non-hydrogen) atoms. The van der Waals surface area contributed by atoms with Crippen LogP contribution in [0.5, 0.6) is 0 Å². The number of nitrogens with zero attached hydrogens (tertiary/aromatic N) is 2. The highest BCUT2D eigenvalue weighted by molar-refractivity contribution is 5.54. The zero-order valence-corrected chi connectivity index (χ0v) is 10.2. The lowest BCUT2D eigenvalue weighted by Gasteiger charge is -2.23. The molecule has 0 spiro atoms. The molecule has 0 amide bonds. The van der Waals surface area contributed by atoms with Crippen LogP contribution >= 0.6 is 0 Å². The third-order valence-corrected chi connectivity index (χ3v) is 3.19. The van der Waals surface area contributed by atoms with Crippen molar-refractivity contribution >= 4 is 5.82 Å². The fraction of sp³-hybridized carbons (Fsp3) is 0.385. The molecule has 1 aliphatic rings. The minimum absolute atomic E-state index is 0.462. The summed E-state index contributed by atoms with van der Waals surface area (Å²) in [6, 6.07) is 8.37. The third-order valence-electron chi connectivity index (χ3n) is 3.19. The normalized spacial score (nSPS) is 19.7. The summed E-state index contributed by atoms with van der Waals surface area (Å²) >= 11 is 0. The first-order chi connectivity index (χ1) is 8.92. The van der Waals surface area contributed by atoms with Gasteiger partial charge in [0.05, 0.1) is 5.69 Å². The molecule has 5 heteroatoms. The molecule has 1 fully saturated rings. The molecule has 1 unspecified atom stereocenters. The Morgan fingerprint density at radius 1 is 1.22 bits per heavy atom. The molecule has 3 rings (SSSR count). The van der Waals surface area contributed by atoms with Gasteiger partial charge in [0.1, 0.15) is 11.5 Å². The quantitative estimate of drug-likeness (QED) is 0.766. The van der Waals surface area contributed by atoms with Gasteiger partial charge in [-0.25, -0.2) is 0 Å². The molecular formula is C13H17N5.